The van der Waals surface area contributed by atoms with E-state index >= 15 is 0 Å². The SMILES string of the molecule is CCOCCCNc1cc(OCC)ccc1OCC. The molecule has 0 unspecified atom stereocenters. The second-order valence-corrected chi connectivity index (χ2v) is 4.00. The zero-order chi connectivity index (χ0) is 13.9. The highest BCUT2D eigenvalue weighted by Gasteiger charge is 2.05. The van der Waals surface area contributed by atoms with Gasteiger partial charge in [-0.1, -0.05) is 0 Å². The van der Waals surface area contributed by atoms with Gasteiger partial charge in [-0.05, 0) is 39.3 Å². The van der Waals surface area contributed by atoms with Crippen LogP contribution in [0.3, 0.4) is 0 Å². The zero-order valence-corrected chi connectivity index (χ0v) is 12.2. The summed E-state index contributed by atoms with van der Waals surface area (Å²) in [6.45, 7) is 9.69. The van der Waals surface area contributed by atoms with Crippen molar-refractivity contribution in [3.05, 3.63) is 18.2 Å². The minimum absolute atomic E-state index is 0.654. The summed E-state index contributed by atoms with van der Waals surface area (Å²) < 4.78 is 16.4. The summed E-state index contributed by atoms with van der Waals surface area (Å²) in [6, 6.07) is 5.86. The molecule has 0 heterocycles. The molecule has 4 nitrogen and oxygen atoms in total. The first-order valence-electron chi connectivity index (χ1n) is 7.03. The van der Waals surface area contributed by atoms with Crippen LogP contribution in [0.25, 0.3) is 0 Å². The summed E-state index contributed by atoms with van der Waals surface area (Å²) in [4.78, 5) is 0. The van der Waals surface area contributed by atoms with E-state index in [2.05, 4.69) is 5.32 Å². The van der Waals surface area contributed by atoms with E-state index in [-0.39, 0.29) is 0 Å². The summed E-state index contributed by atoms with van der Waals surface area (Å²) >= 11 is 0. The third-order valence-corrected chi connectivity index (χ3v) is 2.55. The lowest BCUT2D eigenvalue weighted by molar-refractivity contribution is 0.147. The molecule has 0 bridgehead atoms. The molecule has 0 aliphatic carbocycles. The first kappa shape index (κ1) is 15.6. The van der Waals surface area contributed by atoms with E-state index in [9.17, 15) is 0 Å². The van der Waals surface area contributed by atoms with Crippen molar-refractivity contribution in [2.75, 3.05) is 38.3 Å². The Hall–Kier alpha value is -1.42. The fourth-order valence-corrected chi connectivity index (χ4v) is 1.73. The molecule has 0 aliphatic heterocycles. The lowest BCUT2D eigenvalue weighted by atomic mass is 10.2. The molecular weight excluding hydrogens is 242 g/mol. The summed E-state index contributed by atoms with van der Waals surface area (Å²) in [5, 5.41) is 3.37. The smallest absolute Gasteiger partial charge is 0.142 e. The van der Waals surface area contributed by atoms with Crippen molar-refractivity contribution in [1.82, 2.24) is 0 Å². The Bertz CT molecular complexity index is 355. The number of anilines is 1. The molecule has 1 aromatic carbocycles. The number of hydrogen-bond donors (Lipinski definition) is 1. The van der Waals surface area contributed by atoms with Gasteiger partial charge < -0.3 is 19.5 Å². The van der Waals surface area contributed by atoms with E-state index in [1.165, 1.54) is 0 Å². The third kappa shape index (κ3) is 5.83. The third-order valence-electron chi connectivity index (χ3n) is 2.55. The van der Waals surface area contributed by atoms with Gasteiger partial charge in [0, 0.05) is 25.8 Å². The fourth-order valence-electron chi connectivity index (χ4n) is 1.73. The van der Waals surface area contributed by atoms with E-state index in [1.807, 2.05) is 39.0 Å². The molecule has 0 amide bonds. The number of ether oxygens (including phenoxy) is 3. The number of hydrogen-bond acceptors (Lipinski definition) is 4. The van der Waals surface area contributed by atoms with Crippen LogP contribution in [0.1, 0.15) is 27.2 Å². The van der Waals surface area contributed by atoms with Gasteiger partial charge in [0.1, 0.15) is 11.5 Å². The molecule has 4 heteroatoms. The molecule has 19 heavy (non-hydrogen) atoms. The largest absolute Gasteiger partial charge is 0.494 e. The quantitative estimate of drug-likeness (QED) is 0.660. The Morgan fingerprint density at radius 1 is 1.00 bits per heavy atom. The number of rotatable bonds is 10. The summed E-state index contributed by atoms with van der Waals surface area (Å²) in [6.07, 6.45) is 0.971. The molecule has 1 N–H and O–H groups in total. The van der Waals surface area contributed by atoms with E-state index in [4.69, 9.17) is 14.2 Å². The van der Waals surface area contributed by atoms with Crippen LogP contribution in [0.5, 0.6) is 11.5 Å². The lowest BCUT2D eigenvalue weighted by Crippen LogP contribution is -2.07. The number of nitrogens with one attached hydrogen (secondary N) is 1. The van der Waals surface area contributed by atoms with Crippen LogP contribution >= 0.6 is 0 Å². The van der Waals surface area contributed by atoms with Crippen LogP contribution in [0.2, 0.25) is 0 Å². The average molecular weight is 267 g/mol. The Morgan fingerprint density at radius 2 is 1.79 bits per heavy atom. The molecule has 0 atom stereocenters. The maximum Gasteiger partial charge on any atom is 0.142 e. The molecule has 0 radical (unpaired) electrons. The van der Waals surface area contributed by atoms with E-state index in [1.54, 1.807) is 0 Å². The predicted octanol–water partition coefficient (Wildman–Crippen LogP) is 3.32. The number of benzene rings is 1. The van der Waals surface area contributed by atoms with Crippen molar-refractivity contribution in [2.45, 2.75) is 27.2 Å². The standard InChI is InChI=1S/C15H25NO3/c1-4-17-11-7-10-16-14-12-13(18-5-2)8-9-15(14)19-6-3/h8-9,12,16H,4-7,10-11H2,1-3H3. The van der Waals surface area contributed by atoms with Crippen molar-refractivity contribution >= 4 is 5.69 Å². The van der Waals surface area contributed by atoms with E-state index in [0.717, 1.165) is 43.4 Å². The first-order valence-corrected chi connectivity index (χ1v) is 7.03. The second kappa shape index (κ2) is 9.50. The van der Waals surface area contributed by atoms with Crippen molar-refractivity contribution < 1.29 is 14.2 Å². The predicted molar refractivity (Wildman–Crippen MR) is 78.4 cm³/mol. The van der Waals surface area contributed by atoms with Crippen LogP contribution in [0, 0.1) is 0 Å². The van der Waals surface area contributed by atoms with Crippen molar-refractivity contribution in [2.24, 2.45) is 0 Å². The maximum atomic E-state index is 5.60. The molecule has 0 saturated heterocycles. The van der Waals surface area contributed by atoms with Crippen LogP contribution in [-0.2, 0) is 4.74 Å². The summed E-state index contributed by atoms with van der Waals surface area (Å²) in [7, 11) is 0. The first-order chi connectivity index (χ1) is 9.31. The van der Waals surface area contributed by atoms with Crippen LogP contribution in [0.15, 0.2) is 18.2 Å². The van der Waals surface area contributed by atoms with Gasteiger partial charge in [-0.15, -0.1) is 0 Å². The van der Waals surface area contributed by atoms with Gasteiger partial charge in [0.15, 0.2) is 0 Å². The van der Waals surface area contributed by atoms with Gasteiger partial charge >= 0.3 is 0 Å². The van der Waals surface area contributed by atoms with Gasteiger partial charge in [-0.2, -0.15) is 0 Å². The molecule has 0 fully saturated rings. The average Bonchev–Trinajstić information content (AvgIpc) is 2.42. The van der Waals surface area contributed by atoms with Crippen LogP contribution in [-0.4, -0.2) is 33.0 Å². The molecule has 0 aliphatic rings. The zero-order valence-electron chi connectivity index (χ0n) is 12.2. The maximum absolute atomic E-state index is 5.60. The van der Waals surface area contributed by atoms with Crippen molar-refractivity contribution in [1.29, 1.82) is 0 Å². The topological polar surface area (TPSA) is 39.7 Å². The summed E-state index contributed by atoms with van der Waals surface area (Å²) in [5.41, 5.74) is 0.976. The molecule has 0 aromatic heterocycles. The molecule has 1 aromatic rings. The molecule has 0 saturated carbocycles. The Kier molecular flexibility index (Phi) is 7.82. The highest BCUT2D eigenvalue weighted by molar-refractivity contribution is 5.59. The normalized spacial score (nSPS) is 10.3. The minimum Gasteiger partial charge on any atom is -0.494 e. The van der Waals surface area contributed by atoms with Crippen molar-refractivity contribution in [3.8, 4) is 11.5 Å². The highest BCUT2D eigenvalue weighted by atomic mass is 16.5. The van der Waals surface area contributed by atoms with Gasteiger partial charge in [-0.25, -0.2) is 0 Å². The van der Waals surface area contributed by atoms with Gasteiger partial charge in [-0.3, -0.25) is 0 Å². The second-order valence-electron chi connectivity index (χ2n) is 4.00. The van der Waals surface area contributed by atoms with E-state index in [0.29, 0.717) is 13.2 Å². The minimum atomic E-state index is 0.654. The fraction of sp³-hybridized carbons (Fsp3) is 0.600. The van der Waals surface area contributed by atoms with Crippen molar-refractivity contribution in [3.63, 3.8) is 0 Å². The van der Waals surface area contributed by atoms with Crippen LogP contribution < -0.4 is 14.8 Å². The van der Waals surface area contributed by atoms with E-state index < -0.39 is 0 Å². The lowest BCUT2D eigenvalue weighted by Gasteiger charge is -2.14. The monoisotopic (exact) mass is 267 g/mol. The van der Waals surface area contributed by atoms with Gasteiger partial charge in [0.25, 0.3) is 0 Å². The molecular formula is C15H25NO3. The Morgan fingerprint density at radius 3 is 2.47 bits per heavy atom. The molecule has 0 spiro atoms. The van der Waals surface area contributed by atoms with Crippen LogP contribution in [0.4, 0.5) is 5.69 Å². The van der Waals surface area contributed by atoms with Gasteiger partial charge in [0.05, 0.1) is 18.9 Å². The Labute approximate surface area is 116 Å². The molecule has 108 valence electrons. The highest BCUT2D eigenvalue weighted by Crippen LogP contribution is 2.29. The molecule has 1 rings (SSSR count). The summed E-state index contributed by atoms with van der Waals surface area (Å²) in [5.74, 6) is 1.72. The Balaban J connectivity index is 2.57. The van der Waals surface area contributed by atoms with Gasteiger partial charge in [0.2, 0.25) is 0 Å².